The summed E-state index contributed by atoms with van der Waals surface area (Å²) in [6, 6.07) is -1.06. The van der Waals surface area contributed by atoms with Crippen molar-refractivity contribution >= 4 is 45.8 Å². The van der Waals surface area contributed by atoms with Crippen LogP contribution in [0, 0.1) is 11.8 Å². The highest BCUT2D eigenvalue weighted by Gasteiger charge is 2.47. The Kier molecular flexibility index (Phi) is 12.5. The van der Waals surface area contributed by atoms with Crippen molar-refractivity contribution < 1.29 is 39.2 Å². The van der Waals surface area contributed by atoms with E-state index in [1.54, 1.807) is 20.8 Å². The number of aliphatic carboxylic acids is 1. The molecule has 0 unspecified atom stereocenters. The number of alkyl carbamates (subject to hydrolysis) is 1. The number of carboxylic acid groups (broad SMARTS) is 1. The number of carboxylic acids is 1. The molecule has 6 atom stereocenters. The Morgan fingerprint density at radius 2 is 1.93 bits per heavy atom. The molecule has 2 aromatic rings. The zero-order chi connectivity index (χ0) is 32.4. The fraction of sp³-hybridized carbons (Fsp3) is 0.630. The molecule has 0 aromatic carbocycles. The standard InChI is InChI=1S/C27H40N8O8S/c1-27(2,3)43-26(41)31-10-6-7-18(36)30-9-4-5-11-44(12-8-16(28)25(39)40)13-17-20(37)21(38)24(42-17)35-15-34-19-22(29)32-14-33-23(19)35/h14-17,20-21,24,37-38H,6-13,28H2,1-3H3,(H4-,29,30,31,32,33,36,39,40,41)/p+1/t16-,17+,20+,21+,24+,44+/m0/s1. The topological polar surface area (TPSA) is 250 Å². The van der Waals surface area contributed by atoms with E-state index < -0.39 is 59.1 Å². The second-order valence-electron chi connectivity index (χ2n) is 11.2. The first-order valence-corrected chi connectivity index (χ1v) is 15.8. The highest BCUT2D eigenvalue weighted by molar-refractivity contribution is 7.97. The van der Waals surface area contributed by atoms with E-state index in [0.717, 1.165) is 0 Å². The van der Waals surface area contributed by atoms with Gasteiger partial charge in [-0.2, -0.15) is 0 Å². The third kappa shape index (κ3) is 10.2. The smallest absolute Gasteiger partial charge is 0.407 e. The SMILES string of the molecule is CC(C)(C)OC(=O)NCCCC(=O)NCC#CC[S@+](CC[C@H](N)C(=O)O)C[C@H]1O[C@@H](n2cnc3c(N)ncnc32)[C@H](O)[C@@H]1O. The van der Waals surface area contributed by atoms with E-state index in [4.69, 9.17) is 20.9 Å². The first-order valence-electron chi connectivity index (χ1n) is 14.0. The maximum absolute atomic E-state index is 12.1. The Bertz CT molecular complexity index is 1360. The molecule has 0 radical (unpaired) electrons. The number of nitrogens with two attached hydrogens (primary N) is 2. The van der Waals surface area contributed by atoms with Crippen LogP contribution in [0.15, 0.2) is 12.7 Å². The Hall–Kier alpha value is -3.69. The number of fused-ring (bicyclic) bond motifs is 1. The van der Waals surface area contributed by atoms with Gasteiger partial charge in [0.15, 0.2) is 23.4 Å². The fourth-order valence-corrected chi connectivity index (χ4v) is 6.28. The number of nitrogen functional groups attached to an aromatic ring is 1. The average molecular weight is 638 g/mol. The largest absolute Gasteiger partial charge is 0.480 e. The van der Waals surface area contributed by atoms with Crippen LogP contribution in [0.3, 0.4) is 0 Å². The van der Waals surface area contributed by atoms with E-state index in [1.165, 1.54) is 17.2 Å². The summed E-state index contributed by atoms with van der Waals surface area (Å²) in [7, 11) is -0.560. The zero-order valence-electron chi connectivity index (χ0n) is 24.9. The highest BCUT2D eigenvalue weighted by atomic mass is 32.2. The predicted octanol–water partition coefficient (Wildman–Crippen LogP) is -1.13. The molecule has 1 saturated heterocycles. The minimum atomic E-state index is -1.29. The molecule has 44 heavy (non-hydrogen) atoms. The van der Waals surface area contributed by atoms with Crippen molar-refractivity contribution in [1.29, 1.82) is 0 Å². The van der Waals surface area contributed by atoms with E-state index in [9.17, 15) is 29.7 Å². The van der Waals surface area contributed by atoms with E-state index in [1.807, 2.05) is 0 Å². The first kappa shape index (κ1) is 34.8. The summed E-state index contributed by atoms with van der Waals surface area (Å²) in [6.45, 7) is 5.68. The Morgan fingerprint density at radius 1 is 1.18 bits per heavy atom. The van der Waals surface area contributed by atoms with Crippen LogP contribution in [0.1, 0.15) is 46.3 Å². The number of nitrogens with zero attached hydrogens (tertiary/aromatic N) is 4. The lowest BCUT2D eigenvalue weighted by atomic mass is 10.1. The fourth-order valence-electron chi connectivity index (χ4n) is 4.22. The molecule has 242 valence electrons. The number of hydrogen-bond donors (Lipinski definition) is 7. The van der Waals surface area contributed by atoms with Gasteiger partial charge in [0.1, 0.15) is 53.3 Å². The summed E-state index contributed by atoms with van der Waals surface area (Å²) < 4.78 is 12.7. The van der Waals surface area contributed by atoms with Gasteiger partial charge in [0, 0.05) is 30.3 Å². The van der Waals surface area contributed by atoms with Gasteiger partial charge >= 0.3 is 12.1 Å². The van der Waals surface area contributed by atoms with Gasteiger partial charge in [-0.1, -0.05) is 5.92 Å². The van der Waals surface area contributed by atoms with Gasteiger partial charge in [0.25, 0.3) is 0 Å². The third-order valence-electron chi connectivity index (χ3n) is 6.46. The molecule has 3 heterocycles. The molecule has 9 N–H and O–H groups in total. The van der Waals surface area contributed by atoms with Gasteiger partial charge in [-0.05, 0) is 33.1 Å². The van der Waals surface area contributed by atoms with Gasteiger partial charge in [-0.3, -0.25) is 14.2 Å². The maximum Gasteiger partial charge on any atom is 0.407 e. The van der Waals surface area contributed by atoms with Crippen molar-refractivity contribution in [2.75, 3.05) is 36.1 Å². The van der Waals surface area contributed by atoms with Gasteiger partial charge < -0.3 is 46.9 Å². The summed E-state index contributed by atoms with van der Waals surface area (Å²) in [6.07, 6.45) is -1.37. The van der Waals surface area contributed by atoms with Crippen LogP contribution in [-0.2, 0) is 30.0 Å². The molecule has 1 aliphatic rings. The van der Waals surface area contributed by atoms with E-state index in [-0.39, 0.29) is 36.9 Å². The monoisotopic (exact) mass is 637 g/mol. The summed E-state index contributed by atoms with van der Waals surface area (Å²) in [5.74, 6) is 5.75. The number of carbonyl (C=O) groups excluding carboxylic acids is 2. The van der Waals surface area contributed by atoms with Crippen molar-refractivity contribution in [2.24, 2.45) is 5.73 Å². The van der Waals surface area contributed by atoms with Crippen molar-refractivity contribution in [3.63, 3.8) is 0 Å². The Morgan fingerprint density at radius 3 is 2.64 bits per heavy atom. The summed E-state index contributed by atoms with van der Waals surface area (Å²) >= 11 is 0. The van der Waals surface area contributed by atoms with Crippen LogP contribution in [0.4, 0.5) is 10.6 Å². The predicted molar refractivity (Wildman–Crippen MR) is 162 cm³/mol. The number of carbonyl (C=O) groups is 3. The number of aromatic nitrogens is 4. The molecule has 3 rings (SSSR count). The Balaban J connectivity index is 1.52. The molecule has 1 aliphatic heterocycles. The zero-order valence-corrected chi connectivity index (χ0v) is 25.7. The normalized spacial score (nSPS) is 21.2. The molecular weight excluding hydrogens is 596 g/mol. The number of amides is 2. The van der Waals surface area contributed by atoms with Crippen LogP contribution in [0.25, 0.3) is 11.2 Å². The van der Waals surface area contributed by atoms with Gasteiger partial charge in [0.05, 0.1) is 12.9 Å². The lowest BCUT2D eigenvalue weighted by molar-refractivity contribution is -0.138. The number of rotatable bonds is 13. The molecule has 0 saturated carbocycles. The molecule has 17 heteroatoms. The summed E-state index contributed by atoms with van der Waals surface area (Å²) in [5.41, 5.74) is 11.6. The van der Waals surface area contributed by atoms with Crippen molar-refractivity contribution in [3.05, 3.63) is 12.7 Å². The number of hydrogen-bond acceptors (Lipinski definition) is 12. The average Bonchev–Trinajstić information content (AvgIpc) is 3.49. The van der Waals surface area contributed by atoms with Crippen molar-refractivity contribution in [1.82, 2.24) is 30.2 Å². The van der Waals surface area contributed by atoms with Gasteiger partial charge in [-0.15, -0.1) is 0 Å². The molecule has 0 spiro atoms. The van der Waals surface area contributed by atoms with Gasteiger partial charge in [0.2, 0.25) is 5.91 Å². The molecule has 2 amide bonds. The lowest BCUT2D eigenvalue weighted by Gasteiger charge is -2.19. The summed E-state index contributed by atoms with van der Waals surface area (Å²) in [4.78, 5) is 47.3. The van der Waals surface area contributed by atoms with Crippen LogP contribution < -0.4 is 22.1 Å². The summed E-state index contributed by atoms with van der Waals surface area (Å²) in [5, 5.41) is 36.1. The van der Waals surface area contributed by atoms with Crippen molar-refractivity contribution in [3.8, 4) is 11.8 Å². The second kappa shape index (κ2) is 15.9. The van der Waals surface area contributed by atoms with E-state index >= 15 is 0 Å². The molecule has 0 aliphatic carbocycles. The van der Waals surface area contributed by atoms with Crippen LogP contribution in [0.2, 0.25) is 0 Å². The van der Waals surface area contributed by atoms with Crippen molar-refractivity contribution in [2.45, 2.75) is 76.2 Å². The highest BCUT2D eigenvalue weighted by Crippen LogP contribution is 2.33. The Labute approximate surface area is 257 Å². The number of aliphatic hydroxyl groups excluding tert-OH is 2. The quantitative estimate of drug-likeness (QED) is 0.0781. The van der Waals surface area contributed by atoms with E-state index in [0.29, 0.717) is 35.6 Å². The number of aliphatic hydroxyl groups is 2. The molecule has 16 nitrogen and oxygen atoms in total. The molecule has 1 fully saturated rings. The maximum atomic E-state index is 12.1. The minimum absolute atomic E-state index is 0.103. The number of nitrogens with one attached hydrogen (secondary N) is 2. The van der Waals surface area contributed by atoms with E-state index in [2.05, 4.69) is 37.4 Å². The van der Waals surface area contributed by atoms with Crippen LogP contribution in [0.5, 0.6) is 0 Å². The molecular formula is C27H41N8O8S+. The number of anilines is 1. The third-order valence-corrected chi connectivity index (χ3v) is 8.62. The van der Waals surface area contributed by atoms with Crippen LogP contribution in [-0.4, -0.2) is 113 Å². The molecule has 0 bridgehead atoms. The minimum Gasteiger partial charge on any atom is -0.480 e. The number of ether oxygens (including phenoxy) is 2. The molecule has 2 aromatic heterocycles. The second-order valence-corrected chi connectivity index (χ2v) is 13.4. The number of imidazole rings is 1. The first-order chi connectivity index (χ1) is 20.8. The lowest BCUT2D eigenvalue weighted by Crippen LogP contribution is -2.38. The van der Waals surface area contributed by atoms with Crippen LogP contribution >= 0.6 is 0 Å². The van der Waals surface area contributed by atoms with Gasteiger partial charge in [-0.25, -0.2) is 19.7 Å².